The van der Waals surface area contributed by atoms with Gasteiger partial charge in [0.25, 0.3) is 0 Å². The smallest absolute Gasteiger partial charge is 0.216 e. The number of amides is 1. The Morgan fingerprint density at radius 3 is 2.67 bits per heavy atom. The second kappa shape index (κ2) is 6.78. The average molecular weight is 251 g/mol. The van der Waals surface area contributed by atoms with Crippen LogP contribution in [0.2, 0.25) is 0 Å². The maximum absolute atomic E-state index is 10.7. The van der Waals surface area contributed by atoms with Crippen LogP contribution < -0.4 is 16.4 Å². The van der Waals surface area contributed by atoms with Crippen molar-refractivity contribution in [2.24, 2.45) is 0 Å². The Bertz CT molecular complexity index is 419. The van der Waals surface area contributed by atoms with Crippen LogP contribution in [0.3, 0.4) is 0 Å². The summed E-state index contributed by atoms with van der Waals surface area (Å²) in [5.41, 5.74) is 6.69. The van der Waals surface area contributed by atoms with Gasteiger partial charge in [-0.2, -0.15) is 0 Å². The fourth-order valence-electron chi connectivity index (χ4n) is 1.51. The number of nitrogen functional groups attached to an aromatic ring is 1. The summed E-state index contributed by atoms with van der Waals surface area (Å²) in [6, 6.07) is 0. The Balaban J connectivity index is 2.65. The number of anilines is 2. The van der Waals surface area contributed by atoms with E-state index in [1.54, 1.807) is 0 Å². The second-order valence-corrected chi connectivity index (χ2v) is 4.16. The van der Waals surface area contributed by atoms with Gasteiger partial charge in [0.05, 0.1) is 0 Å². The molecule has 0 spiro atoms. The van der Waals surface area contributed by atoms with E-state index in [0.29, 0.717) is 18.9 Å². The maximum atomic E-state index is 10.7. The molecular formula is C12H21N5O. The Labute approximate surface area is 107 Å². The van der Waals surface area contributed by atoms with Gasteiger partial charge in [-0.05, 0) is 13.3 Å². The molecule has 1 aromatic rings. The highest BCUT2D eigenvalue weighted by atomic mass is 16.1. The fourth-order valence-corrected chi connectivity index (χ4v) is 1.51. The first-order valence-electron chi connectivity index (χ1n) is 6.15. The van der Waals surface area contributed by atoms with Gasteiger partial charge in [0.15, 0.2) is 0 Å². The summed E-state index contributed by atoms with van der Waals surface area (Å²) in [7, 11) is 0. The molecule has 6 heteroatoms. The van der Waals surface area contributed by atoms with Crippen molar-refractivity contribution >= 4 is 17.5 Å². The topological polar surface area (TPSA) is 92.9 Å². The van der Waals surface area contributed by atoms with E-state index in [9.17, 15) is 4.79 Å². The standard InChI is InChI=1S/C12H21N5O/c1-4-5-10-16-11(13)8(2)12(17-10)15-7-6-14-9(3)18/h4-7H2,1-3H3,(H,14,18)(H3,13,15,16,17). The van der Waals surface area contributed by atoms with Gasteiger partial charge in [-0.25, -0.2) is 9.97 Å². The van der Waals surface area contributed by atoms with E-state index in [4.69, 9.17) is 5.73 Å². The molecule has 0 unspecified atom stereocenters. The van der Waals surface area contributed by atoms with Crippen LogP contribution in [-0.2, 0) is 11.2 Å². The molecular weight excluding hydrogens is 230 g/mol. The maximum Gasteiger partial charge on any atom is 0.216 e. The first kappa shape index (κ1) is 14.2. The Hall–Kier alpha value is -1.85. The number of hydrogen-bond donors (Lipinski definition) is 3. The predicted octanol–water partition coefficient (Wildman–Crippen LogP) is 0.868. The van der Waals surface area contributed by atoms with Crippen LogP contribution >= 0.6 is 0 Å². The zero-order valence-electron chi connectivity index (χ0n) is 11.2. The first-order valence-corrected chi connectivity index (χ1v) is 6.15. The second-order valence-electron chi connectivity index (χ2n) is 4.16. The van der Waals surface area contributed by atoms with Crippen LogP contribution in [0.25, 0.3) is 0 Å². The highest BCUT2D eigenvalue weighted by Gasteiger charge is 2.07. The largest absolute Gasteiger partial charge is 0.383 e. The van der Waals surface area contributed by atoms with Crippen LogP contribution in [0.1, 0.15) is 31.7 Å². The molecule has 18 heavy (non-hydrogen) atoms. The van der Waals surface area contributed by atoms with Crippen LogP contribution in [0.15, 0.2) is 0 Å². The number of aryl methyl sites for hydroxylation is 1. The lowest BCUT2D eigenvalue weighted by atomic mass is 10.2. The normalized spacial score (nSPS) is 10.2. The fraction of sp³-hybridized carbons (Fsp3) is 0.583. The van der Waals surface area contributed by atoms with Crippen molar-refractivity contribution in [2.45, 2.75) is 33.6 Å². The van der Waals surface area contributed by atoms with Crippen LogP contribution in [0, 0.1) is 6.92 Å². The summed E-state index contributed by atoms with van der Waals surface area (Å²) in [6.07, 6.45) is 1.79. The van der Waals surface area contributed by atoms with Gasteiger partial charge in [-0.15, -0.1) is 0 Å². The summed E-state index contributed by atoms with van der Waals surface area (Å²) >= 11 is 0. The first-order chi connectivity index (χ1) is 8.54. The SMILES string of the molecule is CCCc1nc(N)c(C)c(NCCNC(C)=O)n1. The highest BCUT2D eigenvalue weighted by Crippen LogP contribution is 2.17. The Morgan fingerprint density at radius 1 is 1.33 bits per heavy atom. The lowest BCUT2D eigenvalue weighted by Crippen LogP contribution is -2.26. The number of carbonyl (C=O) groups excluding carboxylic acids is 1. The van der Waals surface area contributed by atoms with Crippen LogP contribution in [0.5, 0.6) is 0 Å². The molecule has 0 fully saturated rings. The van der Waals surface area contributed by atoms with Crippen molar-refractivity contribution < 1.29 is 4.79 Å². The number of hydrogen-bond acceptors (Lipinski definition) is 5. The van der Waals surface area contributed by atoms with E-state index in [0.717, 1.165) is 30.0 Å². The minimum absolute atomic E-state index is 0.0394. The van der Waals surface area contributed by atoms with Crippen molar-refractivity contribution in [3.8, 4) is 0 Å². The molecule has 0 aromatic carbocycles. The summed E-state index contributed by atoms with van der Waals surface area (Å²) < 4.78 is 0. The summed E-state index contributed by atoms with van der Waals surface area (Å²) in [5, 5.41) is 5.88. The van der Waals surface area contributed by atoms with Crippen molar-refractivity contribution in [1.29, 1.82) is 0 Å². The van der Waals surface area contributed by atoms with Gasteiger partial charge in [0, 0.05) is 32.0 Å². The molecule has 0 bridgehead atoms. The average Bonchev–Trinajstić information content (AvgIpc) is 2.30. The summed E-state index contributed by atoms with van der Waals surface area (Å²) in [4.78, 5) is 19.4. The van der Waals surface area contributed by atoms with Crippen molar-refractivity contribution in [1.82, 2.24) is 15.3 Å². The van der Waals surface area contributed by atoms with Crippen LogP contribution in [0.4, 0.5) is 11.6 Å². The lowest BCUT2D eigenvalue weighted by Gasteiger charge is -2.11. The molecule has 0 aliphatic rings. The minimum atomic E-state index is -0.0394. The van der Waals surface area contributed by atoms with E-state index in [-0.39, 0.29) is 5.91 Å². The number of aromatic nitrogens is 2. The van der Waals surface area contributed by atoms with Gasteiger partial charge in [0.2, 0.25) is 5.91 Å². The third-order valence-electron chi connectivity index (χ3n) is 2.49. The van der Waals surface area contributed by atoms with E-state index in [1.807, 2.05) is 6.92 Å². The molecule has 0 aliphatic carbocycles. The monoisotopic (exact) mass is 251 g/mol. The Morgan fingerprint density at radius 2 is 2.06 bits per heavy atom. The minimum Gasteiger partial charge on any atom is -0.383 e. The predicted molar refractivity (Wildman–Crippen MR) is 72.3 cm³/mol. The zero-order valence-corrected chi connectivity index (χ0v) is 11.2. The summed E-state index contributed by atoms with van der Waals surface area (Å²) in [6.45, 7) is 6.62. The van der Waals surface area contributed by atoms with Gasteiger partial charge in [-0.3, -0.25) is 4.79 Å². The van der Waals surface area contributed by atoms with Crippen molar-refractivity contribution in [2.75, 3.05) is 24.1 Å². The highest BCUT2D eigenvalue weighted by molar-refractivity contribution is 5.72. The Kier molecular flexibility index (Phi) is 5.35. The zero-order chi connectivity index (χ0) is 13.5. The van der Waals surface area contributed by atoms with Gasteiger partial charge in [-0.1, -0.05) is 6.92 Å². The van der Waals surface area contributed by atoms with Gasteiger partial charge < -0.3 is 16.4 Å². The summed E-state index contributed by atoms with van der Waals surface area (Å²) in [5.74, 6) is 1.97. The molecule has 0 saturated carbocycles. The third-order valence-corrected chi connectivity index (χ3v) is 2.49. The van der Waals surface area contributed by atoms with Crippen molar-refractivity contribution in [3.63, 3.8) is 0 Å². The number of nitrogens with zero attached hydrogens (tertiary/aromatic N) is 2. The van der Waals surface area contributed by atoms with E-state index in [1.165, 1.54) is 6.92 Å². The van der Waals surface area contributed by atoms with Gasteiger partial charge >= 0.3 is 0 Å². The number of nitrogens with two attached hydrogens (primary N) is 1. The molecule has 1 aromatic heterocycles. The quantitative estimate of drug-likeness (QED) is 0.652. The van der Waals surface area contributed by atoms with Crippen LogP contribution in [-0.4, -0.2) is 29.0 Å². The van der Waals surface area contributed by atoms with E-state index in [2.05, 4.69) is 27.5 Å². The molecule has 0 aliphatic heterocycles. The van der Waals surface area contributed by atoms with Crippen molar-refractivity contribution in [3.05, 3.63) is 11.4 Å². The third kappa shape index (κ3) is 4.20. The molecule has 0 saturated heterocycles. The number of rotatable bonds is 6. The number of carbonyl (C=O) groups is 1. The van der Waals surface area contributed by atoms with E-state index >= 15 is 0 Å². The molecule has 100 valence electrons. The molecule has 0 atom stereocenters. The molecule has 4 N–H and O–H groups in total. The van der Waals surface area contributed by atoms with E-state index < -0.39 is 0 Å². The number of nitrogens with one attached hydrogen (secondary N) is 2. The lowest BCUT2D eigenvalue weighted by molar-refractivity contribution is -0.118. The molecule has 0 radical (unpaired) electrons. The molecule has 1 rings (SSSR count). The van der Waals surface area contributed by atoms with Gasteiger partial charge in [0.1, 0.15) is 17.5 Å². The molecule has 1 amide bonds. The molecule has 1 heterocycles. The molecule has 6 nitrogen and oxygen atoms in total.